The minimum absolute atomic E-state index is 0.0585. The number of nitro groups is 1. The van der Waals surface area contributed by atoms with Gasteiger partial charge in [-0.1, -0.05) is 5.16 Å². The molecule has 1 aromatic heterocycles. The van der Waals surface area contributed by atoms with Crippen LogP contribution in [0, 0.1) is 15.9 Å². The summed E-state index contributed by atoms with van der Waals surface area (Å²) in [6.45, 7) is 0. The molecule has 0 unspecified atom stereocenters. The first-order valence-electron chi connectivity index (χ1n) is 7.10. The Balaban J connectivity index is 1.87. The second-order valence-electron chi connectivity index (χ2n) is 5.16. The van der Waals surface area contributed by atoms with E-state index in [1.807, 2.05) is 0 Å². The van der Waals surface area contributed by atoms with E-state index in [4.69, 9.17) is 4.52 Å². The summed E-state index contributed by atoms with van der Waals surface area (Å²) in [5.41, 5.74) is -0.845. The van der Waals surface area contributed by atoms with Crippen LogP contribution >= 0.6 is 0 Å². The Kier molecular flexibility index (Phi) is 4.29. The molecule has 12 heteroatoms. The summed E-state index contributed by atoms with van der Waals surface area (Å²) in [7, 11) is 0. The van der Waals surface area contributed by atoms with E-state index in [9.17, 15) is 34.6 Å². The number of rotatable bonds is 4. The highest BCUT2D eigenvalue weighted by Gasteiger charge is 2.23. The molecule has 0 aliphatic rings. The van der Waals surface area contributed by atoms with Crippen molar-refractivity contribution in [3.63, 3.8) is 0 Å². The zero-order valence-corrected chi connectivity index (χ0v) is 13.1. The number of anilines is 1. The van der Waals surface area contributed by atoms with E-state index >= 15 is 0 Å². The van der Waals surface area contributed by atoms with Crippen molar-refractivity contribution in [1.29, 1.82) is 0 Å². The summed E-state index contributed by atoms with van der Waals surface area (Å²) >= 11 is 0. The number of amides is 1. The highest BCUT2D eigenvalue weighted by atomic mass is 19.1. The lowest BCUT2D eigenvalue weighted by atomic mass is 10.1. The maximum Gasteiger partial charge on any atom is 0.315 e. The number of hydrogen-bond acceptors (Lipinski definition) is 9. The van der Waals surface area contributed by atoms with E-state index in [1.165, 1.54) is 6.07 Å². The highest BCUT2D eigenvalue weighted by Crippen LogP contribution is 2.38. The molecular weight excluding hydrogens is 367 g/mol. The van der Waals surface area contributed by atoms with E-state index < -0.39 is 45.4 Å². The van der Waals surface area contributed by atoms with Gasteiger partial charge in [-0.25, -0.2) is 4.39 Å². The minimum atomic E-state index is -0.933. The number of nitrogens with one attached hydrogen (secondary N) is 1. The van der Waals surface area contributed by atoms with E-state index in [2.05, 4.69) is 15.5 Å². The Morgan fingerprint density at radius 1 is 1.19 bits per heavy atom. The van der Waals surface area contributed by atoms with Crippen LogP contribution in [0.3, 0.4) is 0 Å². The maximum atomic E-state index is 13.0. The number of carbonyl (C=O) groups excluding carboxylic acids is 1. The van der Waals surface area contributed by atoms with Crippen LogP contribution in [-0.2, 0) is 0 Å². The first-order valence-corrected chi connectivity index (χ1v) is 7.10. The standard InChI is InChI=1S/C15H9FN4O7/c16-8-2-1-7(5-10(8)21)17-14(24)13-18-15(27-19-13)6-3-9(20(25)26)12(23)11(22)4-6/h1-5,21-23H,(H,17,24). The molecule has 0 spiro atoms. The molecule has 0 saturated carbocycles. The SMILES string of the molecule is O=C(Nc1ccc(F)c(O)c1)c1noc(-c2cc(O)c(O)c([N+](=O)[O-])c2)n1. The molecule has 0 aliphatic carbocycles. The number of halogens is 1. The quantitative estimate of drug-likeness (QED) is 0.302. The number of phenols is 3. The predicted molar refractivity (Wildman–Crippen MR) is 85.7 cm³/mol. The van der Waals surface area contributed by atoms with Gasteiger partial charge in [0, 0.05) is 17.8 Å². The average molecular weight is 376 g/mol. The average Bonchev–Trinajstić information content (AvgIpc) is 3.10. The number of nitrogens with zero attached hydrogens (tertiary/aromatic N) is 3. The highest BCUT2D eigenvalue weighted by molar-refractivity contribution is 6.01. The number of benzene rings is 2. The smallest absolute Gasteiger partial charge is 0.315 e. The third kappa shape index (κ3) is 3.44. The van der Waals surface area contributed by atoms with E-state index in [0.717, 1.165) is 24.3 Å². The number of hydrogen-bond donors (Lipinski definition) is 4. The topological polar surface area (TPSA) is 172 Å². The van der Waals surface area contributed by atoms with Crippen molar-refractivity contribution in [2.24, 2.45) is 0 Å². The molecule has 1 heterocycles. The van der Waals surface area contributed by atoms with Gasteiger partial charge in [-0.15, -0.1) is 0 Å². The Hall–Kier alpha value is -4.22. The summed E-state index contributed by atoms with van der Waals surface area (Å²) in [6.07, 6.45) is 0. The van der Waals surface area contributed by atoms with Crippen molar-refractivity contribution in [2.45, 2.75) is 0 Å². The Morgan fingerprint density at radius 3 is 2.59 bits per heavy atom. The van der Waals surface area contributed by atoms with E-state index in [1.54, 1.807) is 0 Å². The van der Waals surface area contributed by atoms with Gasteiger partial charge in [0.05, 0.1) is 10.5 Å². The van der Waals surface area contributed by atoms with Crippen LogP contribution in [0.5, 0.6) is 17.2 Å². The molecule has 138 valence electrons. The largest absolute Gasteiger partial charge is 0.505 e. The molecule has 11 nitrogen and oxygen atoms in total. The molecule has 0 radical (unpaired) electrons. The molecule has 2 aromatic carbocycles. The lowest BCUT2D eigenvalue weighted by Crippen LogP contribution is -2.13. The fraction of sp³-hybridized carbons (Fsp3) is 0. The van der Waals surface area contributed by atoms with Gasteiger partial charge in [0.2, 0.25) is 5.75 Å². The van der Waals surface area contributed by atoms with Crippen molar-refractivity contribution in [3.05, 3.63) is 52.1 Å². The van der Waals surface area contributed by atoms with Crippen LogP contribution in [0.1, 0.15) is 10.6 Å². The first kappa shape index (κ1) is 17.6. The van der Waals surface area contributed by atoms with Gasteiger partial charge in [0.1, 0.15) is 0 Å². The summed E-state index contributed by atoms with van der Waals surface area (Å²) in [5.74, 6) is -4.93. The molecule has 4 N–H and O–H groups in total. The van der Waals surface area contributed by atoms with Gasteiger partial charge in [-0.3, -0.25) is 14.9 Å². The molecule has 0 aliphatic heterocycles. The number of aromatic hydroxyl groups is 3. The molecule has 27 heavy (non-hydrogen) atoms. The van der Waals surface area contributed by atoms with Gasteiger partial charge in [0.25, 0.3) is 17.6 Å². The summed E-state index contributed by atoms with van der Waals surface area (Å²) in [5, 5.41) is 44.9. The third-order valence-electron chi connectivity index (χ3n) is 3.35. The summed E-state index contributed by atoms with van der Waals surface area (Å²) in [4.78, 5) is 25.8. The van der Waals surface area contributed by atoms with Crippen LogP contribution in [-0.4, -0.2) is 36.3 Å². The molecular formula is C15H9FN4O7. The second-order valence-corrected chi connectivity index (χ2v) is 5.16. The van der Waals surface area contributed by atoms with E-state index in [0.29, 0.717) is 0 Å². The molecule has 0 saturated heterocycles. The van der Waals surface area contributed by atoms with Gasteiger partial charge in [-0.2, -0.15) is 4.98 Å². The van der Waals surface area contributed by atoms with Gasteiger partial charge < -0.3 is 25.2 Å². The fourth-order valence-corrected chi connectivity index (χ4v) is 2.08. The number of nitro benzene ring substituents is 1. The molecule has 0 fully saturated rings. The predicted octanol–water partition coefficient (Wildman–Crippen LogP) is 2.15. The Bertz CT molecular complexity index is 1070. The van der Waals surface area contributed by atoms with Crippen molar-refractivity contribution in [1.82, 2.24) is 10.1 Å². The third-order valence-corrected chi connectivity index (χ3v) is 3.35. The van der Waals surface area contributed by atoms with Gasteiger partial charge in [-0.05, 0) is 18.2 Å². The molecule has 0 atom stereocenters. The van der Waals surface area contributed by atoms with Crippen LogP contribution in [0.2, 0.25) is 0 Å². The van der Waals surface area contributed by atoms with Crippen LogP contribution < -0.4 is 5.32 Å². The first-order chi connectivity index (χ1) is 12.8. The monoisotopic (exact) mass is 376 g/mol. The van der Waals surface area contributed by atoms with Gasteiger partial charge in [0.15, 0.2) is 17.3 Å². The molecule has 1 amide bonds. The lowest BCUT2D eigenvalue weighted by molar-refractivity contribution is -0.385. The van der Waals surface area contributed by atoms with Crippen molar-refractivity contribution < 1.29 is 34.0 Å². The number of aromatic nitrogens is 2. The van der Waals surface area contributed by atoms with Crippen molar-refractivity contribution >= 4 is 17.3 Å². The summed E-state index contributed by atoms with van der Waals surface area (Å²) in [6, 6.07) is 4.91. The maximum absolute atomic E-state index is 13.0. The van der Waals surface area contributed by atoms with Gasteiger partial charge >= 0.3 is 5.69 Å². The zero-order valence-electron chi connectivity index (χ0n) is 13.1. The molecule has 3 rings (SSSR count). The second kappa shape index (κ2) is 6.59. The van der Waals surface area contributed by atoms with Crippen LogP contribution in [0.15, 0.2) is 34.9 Å². The normalized spacial score (nSPS) is 10.6. The van der Waals surface area contributed by atoms with Crippen molar-refractivity contribution in [3.8, 4) is 28.7 Å². The van der Waals surface area contributed by atoms with Crippen LogP contribution in [0.4, 0.5) is 15.8 Å². The Morgan fingerprint density at radius 2 is 1.93 bits per heavy atom. The Labute approximate surface area is 148 Å². The number of phenolic OH excluding ortho intramolecular Hbond substituents is 3. The minimum Gasteiger partial charge on any atom is -0.505 e. The van der Waals surface area contributed by atoms with Crippen LogP contribution in [0.25, 0.3) is 11.5 Å². The fourth-order valence-electron chi connectivity index (χ4n) is 2.08. The molecule has 0 bridgehead atoms. The van der Waals surface area contributed by atoms with Crippen molar-refractivity contribution in [2.75, 3.05) is 5.32 Å². The lowest BCUT2D eigenvalue weighted by Gasteiger charge is -2.03. The van der Waals surface area contributed by atoms with E-state index in [-0.39, 0.29) is 17.1 Å². The zero-order chi connectivity index (χ0) is 19.7. The summed E-state index contributed by atoms with van der Waals surface area (Å²) < 4.78 is 17.8. The molecule has 3 aromatic rings. The number of carbonyl (C=O) groups is 1.